The molecule has 0 aliphatic carbocycles. The van der Waals surface area contributed by atoms with Crippen molar-refractivity contribution in [3.63, 3.8) is 0 Å². The Labute approximate surface area is 151 Å². The lowest BCUT2D eigenvalue weighted by Gasteiger charge is -2.11. The van der Waals surface area contributed by atoms with Crippen LogP contribution in [0.5, 0.6) is 11.5 Å². The van der Waals surface area contributed by atoms with Gasteiger partial charge in [-0.15, -0.1) is 0 Å². The molecule has 1 atom stereocenters. The molecule has 0 saturated heterocycles. The summed E-state index contributed by atoms with van der Waals surface area (Å²) in [6, 6.07) is 10.6. The monoisotopic (exact) mass is 356 g/mol. The van der Waals surface area contributed by atoms with Crippen LogP contribution in [0.4, 0.5) is 17.1 Å². The molecule has 0 fully saturated rings. The fourth-order valence-corrected chi connectivity index (χ4v) is 2.13. The van der Waals surface area contributed by atoms with E-state index in [1.807, 2.05) is 6.07 Å². The number of methoxy groups -OCH3 is 2. The lowest BCUT2D eigenvalue weighted by atomic mass is 10.2. The number of amides is 1. The zero-order valence-corrected chi connectivity index (χ0v) is 14.7. The van der Waals surface area contributed by atoms with Crippen LogP contribution >= 0.6 is 0 Å². The van der Waals surface area contributed by atoms with Gasteiger partial charge in [0.25, 0.3) is 5.91 Å². The summed E-state index contributed by atoms with van der Waals surface area (Å²) in [7, 11) is 2.94. The third kappa shape index (κ3) is 4.56. The van der Waals surface area contributed by atoms with E-state index in [-0.39, 0.29) is 11.4 Å². The smallest absolute Gasteiger partial charge is 0.258 e. The fraction of sp³-hybridized carbons (Fsp3) is 0.222. The van der Waals surface area contributed by atoms with E-state index in [0.717, 1.165) is 0 Å². The van der Waals surface area contributed by atoms with E-state index in [4.69, 9.17) is 15.2 Å². The molecule has 1 amide bonds. The molecule has 0 saturated carbocycles. The molecule has 0 aliphatic heterocycles. The number of ether oxygens (including phenoxy) is 2. The van der Waals surface area contributed by atoms with Crippen molar-refractivity contribution in [1.82, 2.24) is 0 Å². The van der Waals surface area contributed by atoms with E-state index in [0.29, 0.717) is 17.2 Å². The number of anilines is 2. The standard InChI is InChI=1S/C18H20N4O4/c1-11(23)17(18(24)20-12-7-5-4-6-8-12)22-21-14-9-13(25-2)10-15(26-3)16(14)19/h4-10,17H,19H2,1-3H3,(H,20,24). The van der Waals surface area contributed by atoms with Crippen molar-refractivity contribution in [2.75, 3.05) is 25.3 Å². The normalized spacial score (nSPS) is 11.8. The van der Waals surface area contributed by atoms with Crippen LogP contribution in [0.3, 0.4) is 0 Å². The number of carbonyl (C=O) groups excluding carboxylic acids is 2. The van der Waals surface area contributed by atoms with Crippen LogP contribution in [-0.2, 0) is 9.59 Å². The summed E-state index contributed by atoms with van der Waals surface area (Å²) in [6.45, 7) is 1.27. The van der Waals surface area contributed by atoms with Gasteiger partial charge in [-0.2, -0.15) is 10.2 Å². The molecule has 136 valence electrons. The van der Waals surface area contributed by atoms with Gasteiger partial charge in [0.1, 0.15) is 22.9 Å². The molecule has 2 rings (SSSR count). The number of para-hydroxylation sites is 1. The number of nitrogens with two attached hydrogens (primary N) is 1. The van der Waals surface area contributed by atoms with Gasteiger partial charge in [-0.3, -0.25) is 9.59 Å². The van der Waals surface area contributed by atoms with Gasteiger partial charge in [-0.05, 0) is 19.1 Å². The topological polar surface area (TPSA) is 115 Å². The largest absolute Gasteiger partial charge is 0.497 e. The Morgan fingerprint density at radius 1 is 1.12 bits per heavy atom. The van der Waals surface area contributed by atoms with Crippen molar-refractivity contribution in [2.45, 2.75) is 13.0 Å². The predicted octanol–water partition coefficient (Wildman–Crippen LogP) is 2.97. The first-order chi connectivity index (χ1) is 12.5. The molecule has 2 aromatic rings. The first-order valence-corrected chi connectivity index (χ1v) is 7.75. The Hall–Kier alpha value is -3.42. The Kier molecular flexibility index (Phi) is 6.26. The molecule has 8 heteroatoms. The minimum Gasteiger partial charge on any atom is -0.497 e. The van der Waals surface area contributed by atoms with E-state index in [2.05, 4.69) is 15.5 Å². The number of benzene rings is 2. The number of nitrogen functional groups attached to an aromatic ring is 1. The van der Waals surface area contributed by atoms with Crippen LogP contribution in [0, 0.1) is 0 Å². The fourth-order valence-electron chi connectivity index (χ4n) is 2.13. The molecule has 1 unspecified atom stereocenters. The Bertz CT molecular complexity index is 821. The Balaban J connectivity index is 2.27. The van der Waals surface area contributed by atoms with E-state index in [1.54, 1.807) is 30.3 Å². The summed E-state index contributed by atoms with van der Waals surface area (Å²) < 4.78 is 10.3. The lowest BCUT2D eigenvalue weighted by Crippen LogP contribution is -2.31. The summed E-state index contributed by atoms with van der Waals surface area (Å²) >= 11 is 0. The molecule has 0 heterocycles. The summed E-state index contributed by atoms with van der Waals surface area (Å²) in [5, 5.41) is 10.5. The summed E-state index contributed by atoms with van der Waals surface area (Å²) in [6.07, 6.45) is 0. The Morgan fingerprint density at radius 3 is 2.38 bits per heavy atom. The third-order valence-electron chi connectivity index (χ3n) is 3.51. The molecule has 0 aromatic heterocycles. The number of nitrogens with zero attached hydrogens (tertiary/aromatic N) is 2. The number of hydrogen-bond acceptors (Lipinski definition) is 7. The second-order valence-electron chi connectivity index (χ2n) is 5.35. The molecule has 0 spiro atoms. The highest BCUT2D eigenvalue weighted by atomic mass is 16.5. The molecule has 0 bridgehead atoms. The quantitative estimate of drug-likeness (QED) is 0.449. The number of nitrogens with one attached hydrogen (secondary N) is 1. The van der Waals surface area contributed by atoms with Crippen LogP contribution in [0.1, 0.15) is 6.92 Å². The van der Waals surface area contributed by atoms with Crippen LogP contribution in [0.2, 0.25) is 0 Å². The van der Waals surface area contributed by atoms with Crippen LogP contribution in [0.25, 0.3) is 0 Å². The number of rotatable bonds is 7. The van der Waals surface area contributed by atoms with Crippen molar-refractivity contribution in [1.29, 1.82) is 0 Å². The molecule has 3 N–H and O–H groups in total. The van der Waals surface area contributed by atoms with Crippen molar-refractivity contribution in [2.24, 2.45) is 10.2 Å². The molecule has 0 aliphatic rings. The third-order valence-corrected chi connectivity index (χ3v) is 3.51. The van der Waals surface area contributed by atoms with Gasteiger partial charge >= 0.3 is 0 Å². The van der Waals surface area contributed by atoms with E-state index in [9.17, 15) is 9.59 Å². The molecule has 8 nitrogen and oxygen atoms in total. The summed E-state index contributed by atoms with van der Waals surface area (Å²) in [5.41, 5.74) is 6.98. The zero-order valence-electron chi connectivity index (χ0n) is 14.7. The van der Waals surface area contributed by atoms with Crippen molar-refractivity contribution in [3.05, 3.63) is 42.5 Å². The van der Waals surface area contributed by atoms with Gasteiger partial charge in [0, 0.05) is 17.8 Å². The maximum absolute atomic E-state index is 12.3. The SMILES string of the molecule is COc1cc(N=NC(C(C)=O)C(=O)Nc2ccccc2)c(N)c(OC)c1. The van der Waals surface area contributed by atoms with Crippen LogP contribution < -0.4 is 20.5 Å². The van der Waals surface area contributed by atoms with Crippen LogP contribution in [0.15, 0.2) is 52.7 Å². The highest BCUT2D eigenvalue weighted by molar-refractivity contribution is 6.10. The minimum absolute atomic E-state index is 0.225. The van der Waals surface area contributed by atoms with Gasteiger partial charge < -0.3 is 20.5 Å². The number of ketones is 1. The molecular formula is C18H20N4O4. The minimum atomic E-state index is -1.30. The highest BCUT2D eigenvalue weighted by Gasteiger charge is 2.23. The van der Waals surface area contributed by atoms with E-state index in [1.165, 1.54) is 27.2 Å². The average molecular weight is 356 g/mol. The van der Waals surface area contributed by atoms with Crippen LogP contribution in [-0.4, -0.2) is 32.0 Å². The number of carbonyl (C=O) groups is 2. The van der Waals surface area contributed by atoms with E-state index < -0.39 is 17.7 Å². The maximum atomic E-state index is 12.3. The van der Waals surface area contributed by atoms with Crippen molar-refractivity contribution >= 4 is 28.8 Å². The zero-order chi connectivity index (χ0) is 19.1. The number of Topliss-reactive ketones (excluding diaryl/α,β-unsaturated/α-hetero) is 1. The Morgan fingerprint density at radius 2 is 1.81 bits per heavy atom. The molecule has 0 radical (unpaired) electrons. The second kappa shape index (κ2) is 8.61. The van der Waals surface area contributed by atoms with Crippen molar-refractivity contribution < 1.29 is 19.1 Å². The van der Waals surface area contributed by atoms with Gasteiger partial charge in [0.05, 0.1) is 14.2 Å². The summed E-state index contributed by atoms with van der Waals surface area (Å²) in [5.74, 6) is -0.221. The molecule has 2 aromatic carbocycles. The van der Waals surface area contributed by atoms with E-state index >= 15 is 0 Å². The van der Waals surface area contributed by atoms with Gasteiger partial charge in [0.15, 0.2) is 5.78 Å². The maximum Gasteiger partial charge on any atom is 0.258 e. The second-order valence-corrected chi connectivity index (χ2v) is 5.35. The highest BCUT2D eigenvalue weighted by Crippen LogP contribution is 2.36. The lowest BCUT2D eigenvalue weighted by molar-refractivity contribution is -0.126. The van der Waals surface area contributed by atoms with Gasteiger partial charge in [0.2, 0.25) is 6.04 Å². The first kappa shape index (κ1) is 18.9. The molecule has 26 heavy (non-hydrogen) atoms. The van der Waals surface area contributed by atoms with Crippen molar-refractivity contribution in [3.8, 4) is 11.5 Å². The average Bonchev–Trinajstić information content (AvgIpc) is 2.63. The number of azo groups is 1. The first-order valence-electron chi connectivity index (χ1n) is 7.75. The van der Waals surface area contributed by atoms with Gasteiger partial charge in [-0.25, -0.2) is 0 Å². The number of hydrogen-bond donors (Lipinski definition) is 2. The van der Waals surface area contributed by atoms with Gasteiger partial charge in [-0.1, -0.05) is 18.2 Å². The molecular weight excluding hydrogens is 336 g/mol. The summed E-state index contributed by atoms with van der Waals surface area (Å²) in [4.78, 5) is 24.2. The predicted molar refractivity (Wildman–Crippen MR) is 98.0 cm³/mol.